The lowest BCUT2D eigenvalue weighted by molar-refractivity contribution is 0.0217. The highest BCUT2D eigenvalue weighted by molar-refractivity contribution is 7.16. The minimum absolute atomic E-state index is 0.0518. The minimum Gasteiger partial charge on any atom is -0.347 e. The van der Waals surface area contributed by atoms with E-state index in [1.807, 2.05) is 23.7 Å². The van der Waals surface area contributed by atoms with Gasteiger partial charge in [-0.05, 0) is 57.0 Å². The van der Waals surface area contributed by atoms with Crippen molar-refractivity contribution in [2.45, 2.75) is 31.8 Å². The number of nitrogens with one attached hydrogen (secondary N) is 1. The quantitative estimate of drug-likeness (QED) is 0.927. The molecule has 0 radical (unpaired) electrons. The third-order valence-corrected chi connectivity index (χ3v) is 5.86. The van der Waals surface area contributed by atoms with Gasteiger partial charge in [0.15, 0.2) is 0 Å². The van der Waals surface area contributed by atoms with E-state index < -0.39 is 0 Å². The topological polar surface area (TPSA) is 45.2 Å². The van der Waals surface area contributed by atoms with Gasteiger partial charge in [-0.2, -0.15) is 0 Å². The number of hydrogen-bond donors (Lipinski definition) is 1. The summed E-state index contributed by atoms with van der Waals surface area (Å²) in [6.07, 6.45) is 2.42. The number of carbonyl (C=O) groups excluding carboxylic acids is 1. The summed E-state index contributed by atoms with van der Waals surface area (Å²) in [6.45, 7) is 4.61. The molecule has 5 rings (SSSR count). The van der Waals surface area contributed by atoms with Crippen molar-refractivity contribution in [2.24, 2.45) is 5.92 Å². The van der Waals surface area contributed by atoms with E-state index in [1.54, 1.807) is 11.3 Å². The summed E-state index contributed by atoms with van der Waals surface area (Å²) in [5, 5.41) is 3.28. The van der Waals surface area contributed by atoms with E-state index in [-0.39, 0.29) is 11.9 Å². The Morgan fingerprint density at radius 1 is 1.38 bits per heavy atom. The Kier molecular flexibility index (Phi) is 3.19. The highest BCUT2D eigenvalue weighted by Crippen LogP contribution is 2.32. The van der Waals surface area contributed by atoms with Crippen LogP contribution in [0.15, 0.2) is 23.7 Å². The Balaban J connectivity index is 1.54. The molecular weight excluding hydrogens is 282 g/mol. The zero-order chi connectivity index (χ0) is 14.4. The van der Waals surface area contributed by atoms with Crippen LogP contribution in [-0.2, 0) is 0 Å². The smallest absolute Gasteiger partial charge is 0.251 e. The predicted molar refractivity (Wildman–Crippen MR) is 84.6 cm³/mol. The van der Waals surface area contributed by atoms with Gasteiger partial charge >= 0.3 is 0 Å². The zero-order valence-electron chi connectivity index (χ0n) is 12.1. The molecule has 1 aromatic carbocycles. The van der Waals surface area contributed by atoms with Crippen molar-refractivity contribution >= 4 is 27.5 Å². The SMILES string of the molecule is CC1C(NC(=O)c2ccc3ncsc3c2)C2CCN1CC2. The van der Waals surface area contributed by atoms with Gasteiger partial charge in [0.25, 0.3) is 5.91 Å². The summed E-state index contributed by atoms with van der Waals surface area (Å²) in [7, 11) is 0. The first kappa shape index (κ1) is 13.2. The van der Waals surface area contributed by atoms with Gasteiger partial charge in [-0.1, -0.05) is 0 Å². The average Bonchev–Trinajstić information content (AvgIpc) is 2.98. The van der Waals surface area contributed by atoms with E-state index in [4.69, 9.17) is 0 Å². The van der Waals surface area contributed by atoms with Crippen molar-refractivity contribution in [3.8, 4) is 0 Å². The van der Waals surface area contributed by atoms with Gasteiger partial charge in [0.2, 0.25) is 0 Å². The molecule has 4 heterocycles. The number of thiazole rings is 1. The molecule has 0 saturated carbocycles. The fourth-order valence-electron chi connectivity index (χ4n) is 3.78. The molecule has 2 unspecified atom stereocenters. The van der Waals surface area contributed by atoms with Crippen LogP contribution in [0, 0.1) is 5.92 Å². The zero-order valence-corrected chi connectivity index (χ0v) is 12.9. The van der Waals surface area contributed by atoms with Crippen LogP contribution < -0.4 is 5.32 Å². The Morgan fingerprint density at radius 3 is 2.95 bits per heavy atom. The van der Waals surface area contributed by atoms with Crippen LogP contribution in [0.3, 0.4) is 0 Å². The Labute approximate surface area is 128 Å². The normalized spacial score (nSPS) is 31.5. The first-order chi connectivity index (χ1) is 10.2. The lowest BCUT2D eigenvalue weighted by atomic mass is 9.79. The molecule has 110 valence electrons. The first-order valence-corrected chi connectivity index (χ1v) is 8.48. The van der Waals surface area contributed by atoms with Crippen LogP contribution in [0.2, 0.25) is 0 Å². The molecule has 1 aromatic heterocycles. The Hall–Kier alpha value is -1.46. The number of amides is 1. The second-order valence-electron chi connectivity index (χ2n) is 6.15. The van der Waals surface area contributed by atoms with Gasteiger partial charge in [0.05, 0.1) is 15.7 Å². The van der Waals surface area contributed by atoms with Gasteiger partial charge in [0.1, 0.15) is 0 Å². The maximum absolute atomic E-state index is 12.6. The molecule has 4 nitrogen and oxygen atoms in total. The summed E-state index contributed by atoms with van der Waals surface area (Å²) in [5.41, 5.74) is 3.53. The number of carbonyl (C=O) groups is 1. The molecule has 21 heavy (non-hydrogen) atoms. The van der Waals surface area contributed by atoms with Crippen molar-refractivity contribution in [2.75, 3.05) is 13.1 Å². The van der Waals surface area contributed by atoms with E-state index in [0.29, 0.717) is 12.0 Å². The van der Waals surface area contributed by atoms with E-state index in [0.717, 1.165) is 15.8 Å². The monoisotopic (exact) mass is 301 g/mol. The molecule has 1 N–H and O–H groups in total. The van der Waals surface area contributed by atoms with E-state index in [2.05, 4.69) is 22.1 Å². The molecule has 0 spiro atoms. The highest BCUT2D eigenvalue weighted by atomic mass is 32.1. The van der Waals surface area contributed by atoms with Gasteiger partial charge in [-0.15, -0.1) is 11.3 Å². The Bertz CT molecular complexity index is 673. The molecule has 5 heteroatoms. The van der Waals surface area contributed by atoms with Gasteiger partial charge in [-0.25, -0.2) is 4.98 Å². The van der Waals surface area contributed by atoms with Crippen molar-refractivity contribution < 1.29 is 4.79 Å². The summed E-state index contributed by atoms with van der Waals surface area (Å²) >= 11 is 1.58. The second kappa shape index (κ2) is 5.07. The number of nitrogens with zero attached hydrogens (tertiary/aromatic N) is 2. The summed E-state index contributed by atoms with van der Waals surface area (Å²) < 4.78 is 1.07. The number of fused-ring (bicyclic) bond motifs is 4. The van der Waals surface area contributed by atoms with Crippen LogP contribution in [0.1, 0.15) is 30.1 Å². The van der Waals surface area contributed by atoms with Crippen LogP contribution in [-0.4, -0.2) is 41.0 Å². The molecule has 2 bridgehead atoms. The van der Waals surface area contributed by atoms with Crippen molar-refractivity contribution in [3.05, 3.63) is 29.3 Å². The van der Waals surface area contributed by atoms with Gasteiger partial charge < -0.3 is 5.32 Å². The van der Waals surface area contributed by atoms with Crippen molar-refractivity contribution in [1.82, 2.24) is 15.2 Å². The van der Waals surface area contributed by atoms with E-state index in [1.165, 1.54) is 25.9 Å². The van der Waals surface area contributed by atoms with E-state index in [9.17, 15) is 4.79 Å². The summed E-state index contributed by atoms with van der Waals surface area (Å²) in [5.74, 6) is 0.692. The maximum atomic E-state index is 12.6. The third kappa shape index (κ3) is 2.24. The molecule has 3 aliphatic rings. The van der Waals surface area contributed by atoms with Crippen LogP contribution in [0.25, 0.3) is 10.2 Å². The number of aromatic nitrogens is 1. The minimum atomic E-state index is 0.0518. The molecule has 3 fully saturated rings. The standard InChI is InChI=1S/C16H19N3OS/c1-10-15(11-4-6-19(10)7-5-11)18-16(20)12-2-3-13-14(8-12)21-9-17-13/h2-3,8-11,15H,4-7H2,1H3,(H,18,20). The average molecular weight is 301 g/mol. The van der Waals surface area contributed by atoms with Crippen molar-refractivity contribution in [3.63, 3.8) is 0 Å². The number of rotatable bonds is 2. The maximum Gasteiger partial charge on any atom is 0.251 e. The summed E-state index contributed by atoms with van der Waals surface area (Å²) in [6, 6.07) is 6.50. The van der Waals surface area contributed by atoms with Gasteiger partial charge in [-0.3, -0.25) is 9.69 Å². The fraction of sp³-hybridized carbons (Fsp3) is 0.500. The lowest BCUT2D eigenvalue weighted by Crippen LogP contribution is -2.62. The largest absolute Gasteiger partial charge is 0.347 e. The molecule has 3 aliphatic heterocycles. The van der Waals surface area contributed by atoms with E-state index >= 15 is 0 Å². The molecule has 1 amide bonds. The van der Waals surface area contributed by atoms with Crippen LogP contribution in [0.5, 0.6) is 0 Å². The predicted octanol–water partition coefficient (Wildman–Crippen LogP) is 2.51. The molecule has 2 atom stereocenters. The number of benzene rings is 1. The first-order valence-electron chi connectivity index (χ1n) is 7.60. The summed E-state index contributed by atoms with van der Waals surface area (Å²) in [4.78, 5) is 19.3. The fourth-order valence-corrected chi connectivity index (χ4v) is 4.49. The van der Waals surface area contributed by atoms with Crippen molar-refractivity contribution in [1.29, 1.82) is 0 Å². The van der Waals surface area contributed by atoms with Crippen LogP contribution >= 0.6 is 11.3 Å². The Morgan fingerprint density at radius 2 is 2.19 bits per heavy atom. The third-order valence-electron chi connectivity index (χ3n) is 5.07. The molecule has 3 saturated heterocycles. The number of hydrogen-bond acceptors (Lipinski definition) is 4. The number of piperidine rings is 3. The highest BCUT2D eigenvalue weighted by Gasteiger charge is 2.40. The molecule has 0 aliphatic carbocycles. The second-order valence-corrected chi connectivity index (χ2v) is 7.03. The lowest BCUT2D eigenvalue weighted by Gasteiger charge is -2.49. The molecular formula is C16H19N3OS. The van der Waals surface area contributed by atoms with Gasteiger partial charge in [0, 0.05) is 17.6 Å². The molecule has 2 aromatic rings. The van der Waals surface area contributed by atoms with Crippen LogP contribution in [0.4, 0.5) is 0 Å².